The summed E-state index contributed by atoms with van der Waals surface area (Å²) in [7, 11) is 1.94. The van der Waals surface area contributed by atoms with Gasteiger partial charge in [0, 0.05) is 31.4 Å². The molecule has 0 unspecified atom stereocenters. The maximum Gasteiger partial charge on any atom is 0.0699 e. The quantitative estimate of drug-likeness (QED) is 0.942. The number of aliphatic hydroxyl groups is 1. The van der Waals surface area contributed by atoms with Crippen molar-refractivity contribution in [3.8, 4) is 0 Å². The first kappa shape index (κ1) is 15.3. The fraction of sp³-hybridized carbons (Fsp3) is 0.500. The Labute approximate surface area is 132 Å². The molecule has 0 aliphatic carbocycles. The van der Waals surface area contributed by atoms with Gasteiger partial charge in [-0.3, -0.25) is 9.58 Å². The number of hydrogen-bond acceptors (Lipinski definition) is 3. The first-order chi connectivity index (χ1) is 10.6. The van der Waals surface area contributed by atoms with Gasteiger partial charge in [0.05, 0.1) is 12.3 Å². The van der Waals surface area contributed by atoms with Crippen LogP contribution in [0.25, 0.3) is 0 Å². The molecule has 1 aliphatic rings. The van der Waals surface area contributed by atoms with Gasteiger partial charge in [0.1, 0.15) is 0 Å². The van der Waals surface area contributed by atoms with Crippen molar-refractivity contribution in [2.75, 3.05) is 6.54 Å². The third-order valence-corrected chi connectivity index (χ3v) is 4.57. The van der Waals surface area contributed by atoms with Crippen LogP contribution in [0, 0.1) is 6.92 Å². The molecule has 0 bridgehead atoms. The molecular formula is C18H25N3O. The summed E-state index contributed by atoms with van der Waals surface area (Å²) in [6.45, 7) is 4.01. The summed E-state index contributed by atoms with van der Waals surface area (Å²) in [6, 6.07) is 8.85. The Hall–Kier alpha value is -1.65. The lowest BCUT2D eigenvalue weighted by atomic mass is 9.92. The van der Waals surface area contributed by atoms with E-state index in [0.717, 1.165) is 32.4 Å². The average Bonchev–Trinajstić information content (AvgIpc) is 2.90. The molecule has 0 amide bonds. The van der Waals surface area contributed by atoms with Crippen LogP contribution in [0.4, 0.5) is 0 Å². The van der Waals surface area contributed by atoms with E-state index in [4.69, 9.17) is 0 Å². The monoisotopic (exact) mass is 299 g/mol. The normalized spacial score (nSPS) is 22.9. The van der Waals surface area contributed by atoms with Crippen molar-refractivity contribution in [1.29, 1.82) is 0 Å². The summed E-state index contributed by atoms with van der Waals surface area (Å²) in [5.41, 5.74) is 3.79. The zero-order valence-corrected chi connectivity index (χ0v) is 13.4. The molecule has 1 aliphatic heterocycles. The number of rotatable bonds is 4. The van der Waals surface area contributed by atoms with Gasteiger partial charge in [-0.1, -0.05) is 29.8 Å². The van der Waals surface area contributed by atoms with Gasteiger partial charge in [0.15, 0.2) is 0 Å². The van der Waals surface area contributed by atoms with E-state index in [2.05, 4.69) is 47.4 Å². The molecule has 0 saturated carbocycles. The van der Waals surface area contributed by atoms with Crippen molar-refractivity contribution in [3.63, 3.8) is 0 Å². The Morgan fingerprint density at radius 2 is 2.00 bits per heavy atom. The maximum absolute atomic E-state index is 10.5. The molecule has 1 N–H and O–H groups in total. The summed E-state index contributed by atoms with van der Waals surface area (Å²) < 4.78 is 1.84. The summed E-state index contributed by atoms with van der Waals surface area (Å²) >= 11 is 0. The second kappa shape index (κ2) is 6.63. The van der Waals surface area contributed by atoms with Gasteiger partial charge >= 0.3 is 0 Å². The third-order valence-electron chi connectivity index (χ3n) is 4.57. The van der Waals surface area contributed by atoms with E-state index in [0.29, 0.717) is 0 Å². The minimum absolute atomic E-state index is 0.191. The Balaban J connectivity index is 1.73. The number of benzene rings is 1. The molecule has 22 heavy (non-hydrogen) atoms. The molecule has 3 rings (SSSR count). The van der Waals surface area contributed by atoms with Crippen molar-refractivity contribution in [2.45, 2.75) is 44.9 Å². The highest BCUT2D eigenvalue weighted by Crippen LogP contribution is 2.23. The SMILES string of the molecule is Cc1ccc(C[C@H]2[C@@H](O)CCCN2Cc2cnn(C)c2)cc1. The van der Waals surface area contributed by atoms with Crippen molar-refractivity contribution in [3.05, 3.63) is 53.3 Å². The van der Waals surface area contributed by atoms with Crippen LogP contribution in [-0.4, -0.2) is 38.5 Å². The smallest absolute Gasteiger partial charge is 0.0699 e. The number of nitrogens with zero attached hydrogens (tertiary/aromatic N) is 3. The first-order valence-corrected chi connectivity index (χ1v) is 8.07. The standard InChI is InChI=1S/C18H25N3O/c1-14-5-7-15(8-6-14)10-17-18(22)4-3-9-21(17)13-16-11-19-20(2)12-16/h5-8,11-12,17-18,22H,3-4,9-10,13H2,1-2H3/t17-,18-/m0/s1. The van der Waals surface area contributed by atoms with Crippen LogP contribution in [0.2, 0.25) is 0 Å². The van der Waals surface area contributed by atoms with E-state index < -0.39 is 0 Å². The van der Waals surface area contributed by atoms with Crippen LogP contribution in [0.3, 0.4) is 0 Å². The minimum atomic E-state index is -0.244. The van der Waals surface area contributed by atoms with Gasteiger partial charge in [-0.2, -0.15) is 5.10 Å². The van der Waals surface area contributed by atoms with Gasteiger partial charge in [0.25, 0.3) is 0 Å². The van der Waals surface area contributed by atoms with Crippen molar-refractivity contribution in [1.82, 2.24) is 14.7 Å². The Morgan fingerprint density at radius 1 is 1.23 bits per heavy atom. The predicted octanol–water partition coefficient (Wildman–Crippen LogP) is 2.30. The summed E-state index contributed by atoms with van der Waals surface area (Å²) in [6.07, 6.45) is 6.60. The fourth-order valence-electron chi connectivity index (χ4n) is 3.32. The highest BCUT2D eigenvalue weighted by atomic mass is 16.3. The van der Waals surface area contributed by atoms with Crippen molar-refractivity contribution >= 4 is 0 Å². The number of likely N-dealkylation sites (tertiary alicyclic amines) is 1. The molecule has 2 atom stereocenters. The molecule has 2 aromatic rings. The van der Waals surface area contributed by atoms with Crippen LogP contribution in [-0.2, 0) is 20.0 Å². The average molecular weight is 299 g/mol. The van der Waals surface area contributed by atoms with Gasteiger partial charge in [-0.25, -0.2) is 0 Å². The summed E-state index contributed by atoms with van der Waals surface area (Å²) in [5, 5.41) is 14.7. The second-order valence-electron chi connectivity index (χ2n) is 6.46. The molecule has 4 heteroatoms. The predicted molar refractivity (Wildman–Crippen MR) is 87.5 cm³/mol. The van der Waals surface area contributed by atoms with Crippen LogP contribution >= 0.6 is 0 Å². The molecule has 0 radical (unpaired) electrons. The number of aryl methyl sites for hydroxylation is 2. The van der Waals surface area contributed by atoms with Crippen LogP contribution in [0.5, 0.6) is 0 Å². The number of piperidine rings is 1. The molecule has 1 saturated heterocycles. The van der Waals surface area contributed by atoms with Gasteiger partial charge in [0.2, 0.25) is 0 Å². The molecule has 1 aromatic carbocycles. The zero-order chi connectivity index (χ0) is 15.5. The van der Waals surface area contributed by atoms with Gasteiger partial charge in [-0.15, -0.1) is 0 Å². The van der Waals surface area contributed by atoms with E-state index in [1.807, 2.05) is 17.9 Å². The Bertz CT molecular complexity index is 605. The van der Waals surface area contributed by atoms with Crippen LogP contribution in [0.15, 0.2) is 36.7 Å². The minimum Gasteiger partial charge on any atom is -0.391 e. The molecule has 1 fully saturated rings. The van der Waals surface area contributed by atoms with Crippen molar-refractivity contribution < 1.29 is 5.11 Å². The van der Waals surface area contributed by atoms with Gasteiger partial charge < -0.3 is 5.11 Å². The fourth-order valence-corrected chi connectivity index (χ4v) is 3.32. The molecule has 2 heterocycles. The molecule has 4 nitrogen and oxygen atoms in total. The Morgan fingerprint density at radius 3 is 2.68 bits per heavy atom. The summed E-state index contributed by atoms with van der Waals surface area (Å²) in [4.78, 5) is 2.41. The van der Waals surface area contributed by atoms with Crippen molar-refractivity contribution in [2.24, 2.45) is 7.05 Å². The van der Waals surface area contributed by atoms with Crippen LogP contribution < -0.4 is 0 Å². The molecule has 1 aromatic heterocycles. The highest BCUT2D eigenvalue weighted by molar-refractivity contribution is 5.22. The second-order valence-corrected chi connectivity index (χ2v) is 6.46. The lowest BCUT2D eigenvalue weighted by Gasteiger charge is -2.39. The third kappa shape index (κ3) is 3.57. The zero-order valence-electron chi connectivity index (χ0n) is 13.4. The first-order valence-electron chi connectivity index (χ1n) is 8.07. The van der Waals surface area contributed by atoms with E-state index >= 15 is 0 Å². The topological polar surface area (TPSA) is 41.3 Å². The lowest BCUT2D eigenvalue weighted by molar-refractivity contribution is 0.00672. The van der Waals surface area contributed by atoms with E-state index in [9.17, 15) is 5.11 Å². The number of hydrogen-bond donors (Lipinski definition) is 1. The molecule has 0 spiro atoms. The van der Waals surface area contributed by atoms with E-state index in [-0.39, 0.29) is 12.1 Å². The van der Waals surface area contributed by atoms with Crippen LogP contribution in [0.1, 0.15) is 29.5 Å². The Kier molecular flexibility index (Phi) is 4.60. The lowest BCUT2D eigenvalue weighted by Crippen LogP contribution is -2.48. The molecule has 118 valence electrons. The number of aliphatic hydroxyl groups excluding tert-OH is 1. The van der Waals surface area contributed by atoms with E-state index in [1.165, 1.54) is 16.7 Å². The molecular weight excluding hydrogens is 274 g/mol. The number of aromatic nitrogens is 2. The van der Waals surface area contributed by atoms with Gasteiger partial charge in [-0.05, 0) is 38.3 Å². The highest BCUT2D eigenvalue weighted by Gasteiger charge is 2.30. The summed E-state index contributed by atoms with van der Waals surface area (Å²) in [5.74, 6) is 0. The largest absolute Gasteiger partial charge is 0.391 e. The maximum atomic E-state index is 10.5. The van der Waals surface area contributed by atoms with E-state index in [1.54, 1.807) is 0 Å².